The van der Waals surface area contributed by atoms with Crippen molar-refractivity contribution in [2.24, 2.45) is 10.9 Å². The molecule has 1 saturated heterocycles. The van der Waals surface area contributed by atoms with Crippen LogP contribution in [0.25, 0.3) is 0 Å². The van der Waals surface area contributed by atoms with Crippen LogP contribution in [0.1, 0.15) is 46.0 Å². The fraction of sp³-hybridized carbons (Fsp3) is 0.536. The van der Waals surface area contributed by atoms with Gasteiger partial charge in [-0.25, -0.2) is 0 Å². The van der Waals surface area contributed by atoms with Crippen molar-refractivity contribution in [2.45, 2.75) is 62.7 Å². The number of hydrogen-bond acceptors (Lipinski definition) is 17. The highest BCUT2D eigenvalue weighted by atomic mass is 32.4. The molecule has 3 aliphatic rings. The molecule has 3 heterocycles. The minimum Gasteiger partial charge on any atom is -0.548 e. The summed E-state index contributed by atoms with van der Waals surface area (Å²) in [5.41, 5.74) is -0.0183. The second-order valence-electron chi connectivity index (χ2n) is 9.88. The largest absolute Gasteiger partial charge is 0.548 e. The quantitative estimate of drug-likeness (QED) is 0.103. The fourth-order valence-electron chi connectivity index (χ4n) is 4.32. The lowest BCUT2D eigenvalue weighted by Crippen LogP contribution is -2.63. The molecule has 1 N–H and O–H groups in total. The third-order valence-corrected chi connectivity index (χ3v) is 10.1. The van der Waals surface area contributed by atoms with Crippen LogP contribution < -0.4 is 20.6 Å². The van der Waals surface area contributed by atoms with Crippen molar-refractivity contribution in [2.75, 3.05) is 24.3 Å². The van der Waals surface area contributed by atoms with E-state index in [1.807, 2.05) is 6.92 Å². The number of carbonyl (C=O) groups excluding carboxylic acids is 9. The van der Waals surface area contributed by atoms with Crippen molar-refractivity contribution in [3.05, 3.63) is 23.4 Å². The Morgan fingerprint density at radius 2 is 1.75 bits per heavy atom. The predicted octanol–water partition coefficient (Wildman–Crippen LogP) is -2.51. The minimum atomic E-state index is -1.52. The molecule has 0 radical (unpaired) electrons. The maximum absolute atomic E-state index is 12.4. The van der Waals surface area contributed by atoms with E-state index in [4.69, 9.17) is 26.1 Å². The van der Waals surface area contributed by atoms with E-state index < -0.39 is 47.1 Å². The number of hydrogen-bond donors (Lipinski definition) is 1. The number of nitrogens with one attached hydrogen (secondary N) is 1. The van der Waals surface area contributed by atoms with Crippen LogP contribution in [-0.2, 0) is 59.7 Å². The summed E-state index contributed by atoms with van der Waals surface area (Å²) in [5.74, 6) is -5.83. The van der Waals surface area contributed by atoms with Gasteiger partial charge in [0, 0.05) is 42.5 Å². The number of aliphatic imine (C=N–C) groups is 1. The number of amides is 2. The first kappa shape index (κ1) is 42.3. The van der Waals surface area contributed by atoms with Gasteiger partial charge < -0.3 is 39.8 Å². The molecule has 3 rings (SSSR count). The van der Waals surface area contributed by atoms with E-state index in [1.165, 1.54) is 16.7 Å². The number of Topliss-reactive ketones (excluding diaryl/α,β-unsaturated/α-hetero) is 1. The first-order valence-electron chi connectivity index (χ1n) is 14.1. The van der Waals surface area contributed by atoms with Gasteiger partial charge in [0.2, 0.25) is 11.8 Å². The van der Waals surface area contributed by atoms with Crippen molar-refractivity contribution < 1.29 is 63.2 Å². The van der Waals surface area contributed by atoms with Gasteiger partial charge in [0.1, 0.15) is 23.8 Å². The summed E-state index contributed by atoms with van der Waals surface area (Å²) < 4.78 is 5.09. The Hall–Kier alpha value is -3.76. The zero-order valence-corrected chi connectivity index (χ0v) is 29.1. The van der Waals surface area contributed by atoms with Crippen LogP contribution in [0.2, 0.25) is 0 Å². The van der Waals surface area contributed by atoms with Gasteiger partial charge in [0.05, 0.1) is 47.0 Å². The molecule has 262 valence electrons. The zero-order chi connectivity index (χ0) is 36.6. The van der Waals surface area contributed by atoms with Gasteiger partial charge in [-0.05, 0) is 19.3 Å². The van der Waals surface area contributed by atoms with E-state index in [0.29, 0.717) is 37.7 Å². The normalized spacial score (nSPS) is 20.2. The summed E-state index contributed by atoms with van der Waals surface area (Å²) in [6.07, 6.45) is 2.27. The van der Waals surface area contributed by atoms with Crippen molar-refractivity contribution >= 4 is 96.0 Å². The molecular formula is C28H31N3O13PS3-3. The van der Waals surface area contributed by atoms with Crippen molar-refractivity contribution in [1.82, 2.24) is 10.2 Å². The second-order valence-corrected chi connectivity index (χ2v) is 13.6. The molecule has 0 spiro atoms. The van der Waals surface area contributed by atoms with Gasteiger partial charge in [0.15, 0.2) is 0 Å². The number of carboxylic acids is 3. The van der Waals surface area contributed by atoms with E-state index in [0.717, 1.165) is 11.8 Å². The molecule has 2 amide bonds. The highest BCUT2D eigenvalue weighted by Crippen LogP contribution is 2.45. The molecular weight excluding hydrogens is 713 g/mol. The van der Waals surface area contributed by atoms with Gasteiger partial charge in [0.25, 0.3) is 0 Å². The lowest BCUT2D eigenvalue weighted by molar-refractivity contribution is -0.308. The molecule has 3 aliphatic heterocycles. The molecule has 0 aromatic carbocycles. The number of ether oxygens (including phenoxy) is 1. The molecule has 4 atom stereocenters. The molecule has 0 saturated carbocycles. The first-order chi connectivity index (χ1) is 22.7. The number of carboxylic acid groups (broad SMARTS) is 3. The summed E-state index contributed by atoms with van der Waals surface area (Å²) in [7, 11) is 0.662. The van der Waals surface area contributed by atoms with Crippen LogP contribution in [0.4, 0.5) is 0 Å². The van der Waals surface area contributed by atoms with Crippen LogP contribution in [0, 0.1) is 5.92 Å². The average molecular weight is 745 g/mol. The number of carbonyl (C=O) groups is 7. The molecule has 0 aromatic rings. The average Bonchev–Trinajstić information content (AvgIpc) is 3.04. The van der Waals surface area contributed by atoms with Gasteiger partial charge in [-0.15, -0.1) is 23.5 Å². The Balaban J connectivity index is 0.000000462. The highest BCUT2D eigenvalue weighted by Gasteiger charge is 2.52. The summed E-state index contributed by atoms with van der Waals surface area (Å²) in [4.78, 5) is 102. The van der Waals surface area contributed by atoms with Crippen molar-refractivity contribution in [1.29, 1.82) is 0 Å². The number of β-lactam (4-membered cyclic amide) rings is 1. The summed E-state index contributed by atoms with van der Waals surface area (Å²) in [5, 5.41) is 34.3. The van der Waals surface area contributed by atoms with Crippen molar-refractivity contribution in [3.63, 3.8) is 0 Å². The van der Waals surface area contributed by atoms with Crippen LogP contribution in [0.15, 0.2) is 28.4 Å². The summed E-state index contributed by atoms with van der Waals surface area (Å²) in [6, 6.07) is -1.39. The van der Waals surface area contributed by atoms with Crippen LogP contribution >= 0.6 is 30.9 Å². The highest BCUT2D eigenvalue weighted by molar-refractivity contribution is 8.00. The van der Waals surface area contributed by atoms with E-state index in [2.05, 4.69) is 16.9 Å². The lowest BCUT2D eigenvalue weighted by atomic mass is 9.89. The minimum absolute atomic E-state index is 0.00540. The summed E-state index contributed by atoms with van der Waals surface area (Å²) >= 11 is 7.18. The second kappa shape index (κ2) is 21.3. The molecule has 0 aromatic heterocycles. The van der Waals surface area contributed by atoms with Gasteiger partial charge in [-0.2, -0.15) is 9.59 Å². The van der Waals surface area contributed by atoms with Crippen LogP contribution in [0.5, 0.6) is 0 Å². The topological polar surface area (TPSA) is 260 Å². The number of nitrogens with zero attached hydrogens (tertiary/aromatic N) is 2. The number of esters is 1. The van der Waals surface area contributed by atoms with Crippen molar-refractivity contribution in [3.8, 4) is 0 Å². The SMILES string of the molecule is C=C1CSC(C(NC(=O)CC)C(=O)[O-])N=C1C(=O)[O-].CCCC(=O)CC1C(=O)N2C(C(=O)[O-])=C(COC(=O)CCP=S)CSC12.O=C=O. The maximum atomic E-state index is 12.4. The molecule has 20 heteroatoms. The molecule has 1 fully saturated rings. The number of rotatable bonds is 15. The number of fused-ring (bicyclic) bond motifs is 1. The zero-order valence-electron chi connectivity index (χ0n) is 25.8. The molecule has 48 heavy (non-hydrogen) atoms. The van der Waals surface area contributed by atoms with Gasteiger partial charge >= 0.3 is 12.1 Å². The van der Waals surface area contributed by atoms with Gasteiger partial charge in [-0.3, -0.25) is 29.1 Å². The molecule has 4 unspecified atom stereocenters. The van der Waals surface area contributed by atoms with E-state index in [1.54, 1.807) is 6.92 Å². The lowest BCUT2D eigenvalue weighted by Gasteiger charge is -2.50. The van der Waals surface area contributed by atoms with Crippen LogP contribution in [0.3, 0.4) is 0 Å². The first-order valence-corrected chi connectivity index (χ1v) is 18.3. The molecule has 0 bridgehead atoms. The Morgan fingerprint density at radius 1 is 1.10 bits per heavy atom. The third kappa shape index (κ3) is 12.4. The van der Waals surface area contributed by atoms with E-state index in [-0.39, 0.29) is 71.8 Å². The van der Waals surface area contributed by atoms with E-state index >= 15 is 0 Å². The number of aliphatic carboxylic acids is 3. The molecule has 16 nitrogen and oxygen atoms in total. The fourth-order valence-corrected chi connectivity index (χ4v) is 7.32. The standard InChI is InChI=1S/C16H20NO6PS2.C11H14N2O5S.CO2/c1-2-3-10(18)6-11-14(20)17-13(16(21)22)9(8-26-15(11)17)7-23-12(19)4-5-24-25;1-3-6(14)12-8(11(17)18)9-13-7(10(15)16)5(2)4-19-9;2-1-3/h11,15H,2-8H2,1H3,(H,21,22);8-9H,2-4H2,1H3,(H,12,14)(H,15,16)(H,17,18);/p-3. The number of ketones is 1. The predicted molar refractivity (Wildman–Crippen MR) is 168 cm³/mol. The molecule has 0 aliphatic carbocycles. The Morgan fingerprint density at radius 3 is 2.27 bits per heavy atom. The van der Waals surface area contributed by atoms with Crippen LogP contribution in [-0.4, -0.2) is 99.3 Å². The third-order valence-electron chi connectivity index (χ3n) is 6.53. The smallest absolute Gasteiger partial charge is 0.373 e. The van der Waals surface area contributed by atoms with E-state index in [9.17, 15) is 48.9 Å². The monoisotopic (exact) mass is 744 g/mol. The maximum Gasteiger partial charge on any atom is 0.373 e. The Kier molecular flexibility index (Phi) is 18.7. The Bertz CT molecular complexity index is 1410. The summed E-state index contributed by atoms with van der Waals surface area (Å²) in [6.45, 7) is 6.77. The number of thioether (sulfide) groups is 2. The van der Waals surface area contributed by atoms with Gasteiger partial charge in [-0.1, -0.05) is 32.2 Å². The Labute approximate surface area is 290 Å².